The molecule has 11 N–H and O–H groups in total. The van der Waals surface area contributed by atoms with E-state index < -0.39 is 89.9 Å². The third-order valence-corrected chi connectivity index (χ3v) is 10.1. The summed E-state index contributed by atoms with van der Waals surface area (Å²) < 4.78 is 0. The molecule has 2 heterocycles. The van der Waals surface area contributed by atoms with Crippen LogP contribution in [0.15, 0.2) is 41.4 Å². The number of guanidine groups is 1. The highest BCUT2D eigenvalue weighted by molar-refractivity contribution is 6.38. The van der Waals surface area contributed by atoms with Crippen molar-refractivity contribution >= 4 is 53.1 Å². The summed E-state index contributed by atoms with van der Waals surface area (Å²) >= 11 is 0. The topological polar surface area (TPSA) is 297 Å². The number of hydrogen-bond donors (Lipinski definition) is 9. The molecule has 0 aromatic heterocycles. The molecule has 0 aliphatic carbocycles. The van der Waals surface area contributed by atoms with E-state index in [0.717, 1.165) is 6.08 Å². The van der Waals surface area contributed by atoms with Crippen LogP contribution in [0.1, 0.15) is 78.7 Å². The van der Waals surface area contributed by atoms with Gasteiger partial charge in [0.15, 0.2) is 5.96 Å². The number of benzene rings is 1. The first kappa shape index (κ1) is 47.4. The zero-order chi connectivity index (χ0) is 43.8. The molecule has 7 amide bonds. The van der Waals surface area contributed by atoms with Crippen LogP contribution in [0.4, 0.5) is 0 Å². The lowest BCUT2D eigenvalue weighted by molar-refractivity contribution is -0.144. The average Bonchev–Trinajstić information content (AvgIpc) is 3.68. The number of carbonyl (C=O) groups excluding carboxylic acids is 8. The van der Waals surface area contributed by atoms with Gasteiger partial charge in [-0.15, -0.1) is 0 Å². The summed E-state index contributed by atoms with van der Waals surface area (Å²) in [4.78, 5) is 114. The van der Waals surface area contributed by atoms with Gasteiger partial charge in [0.2, 0.25) is 41.2 Å². The fourth-order valence-electron chi connectivity index (χ4n) is 6.64. The van der Waals surface area contributed by atoms with Crippen LogP contribution in [0.25, 0.3) is 0 Å². The van der Waals surface area contributed by atoms with E-state index in [-0.39, 0.29) is 68.7 Å². The molecule has 59 heavy (non-hydrogen) atoms. The molecular weight excluding hydrogens is 765 g/mol. The van der Waals surface area contributed by atoms with E-state index >= 15 is 0 Å². The highest BCUT2D eigenvalue weighted by Crippen LogP contribution is 2.20. The number of ketones is 1. The molecule has 7 atom stereocenters. The monoisotopic (exact) mass is 824 g/mol. The Hall–Kier alpha value is -6.01. The second-order valence-electron chi connectivity index (χ2n) is 15.4. The van der Waals surface area contributed by atoms with Crippen molar-refractivity contribution in [1.29, 1.82) is 0 Å². The van der Waals surface area contributed by atoms with Gasteiger partial charge in [-0.3, -0.25) is 43.3 Å². The predicted octanol–water partition coefficient (Wildman–Crippen LogP) is -1.23. The van der Waals surface area contributed by atoms with Crippen LogP contribution in [0.5, 0.6) is 5.75 Å². The minimum Gasteiger partial charge on any atom is -0.508 e. The van der Waals surface area contributed by atoms with E-state index in [1.54, 1.807) is 26.0 Å². The lowest BCUT2D eigenvalue weighted by Gasteiger charge is -2.30. The number of hydrogen-bond acceptors (Lipinski definition) is 10. The number of fused-ring (bicyclic) bond motifs is 1. The van der Waals surface area contributed by atoms with Crippen molar-refractivity contribution in [2.24, 2.45) is 28.3 Å². The van der Waals surface area contributed by atoms with Crippen molar-refractivity contribution in [3.05, 3.63) is 42.0 Å². The van der Waals surface area contributed by atoms with Crippen LogP contribution in [0, 0.1) is 11.8 Å². The second-order valence-corrected chi connectivity index (χ2v) is 15.4. The van der Waals surface area contributed by atoms with Crippen LogP contribution < -0.4 is 43.4 Å². The van der Waals surface area contributed by atoms with Crippen molar-refractivity contribution in [3.63, 3.8) is 0 Å². The predicted molar refractivity (Wildman–Crippen MR) is 218 cm³/mol. The van der Waals surface area contributed by atoms with Gasteiger partial charge < -0.3 is 53.4 Å². The largest absolute Gasteiger partial charge is 0.508 e. The molecule has 0 saturated carbocycles. The molecule has 0 radical (unpaired) electrons. The lowest BCUT2D eigenvalue weighted by Crippen LogP contribution is -2.60. The Morgan fingerprint density at radius 3 is 2.32 bits per heavy atom. The summed E-state index contributed by atoms with van der Waals surface area (Å²) in [7, 11) is 0. The summed E-state index contributed by atoms with van der Waals surface area (Å²) in [5, 5.41) is 25.7. The molecule has 2 aliphatic rings. The molecule has 1 aromatic rings. The fourth-order valence-corrected chi connectivity index (χ4v) is 6.64. The molecule has 1 saturated heterocycles. The number of amides is 7. The van der Waals surface area contributed by atoms with Gasteiger partial charge in [0.1, 0.15) is 29.9 Å². The quantitative estimate of drug-likeness (QED) is 0.0491. The van der Waals surface area contributed by atoms with Gasteiger partial charge in [-0.2, -0.15) is 0 Å². The molecule has 2 aliphatic heterocycles. The maximum Gasteiger partial charge on any atom is 0.290 e. The van der Waals surface area contributed by atoms with Crippen LogP contribution >= 0.6 is 0 Å². The van der Waals surface area contributed by atoms with E-state index in [4.69, 9.17) is 11.5 Å². The normalized spacial score (nSPS) is 23.8. The van der Waals surface area contributed by atoms with E-state index in [2.05, 4.69) is 36.9 Å². The van der Waals surface area contributed by atoms with Crippen molar-refractivity contribution in [3.8, 4) is 5.75 Å². The molecule has 1 aromatic carbocycles. The van der Waals surface area contributed by atoms with Crippen molar-refractivity contribution in [2.45, 2.75) is 116 Å². The Bertz CT molecular complexity index is 1750. The van der Waals surface area contributed by atoms with Crippen LogP contribution in [0.3, 0.4) is 0 Å². The number of carbonyl (C=O) groups is 8. The van der Waals surface area contributed by atoms with E-state index in [9.17, 15) is 43.5 Å². The summed E-state index contributed by atoms with van der Waals surface area (Å²) in [5.74, 6) is -6.63. The zero-order valence-electron chi connectivity index (χ0n) is 34.4. The molecule has 19 nitrogen and oxygen atoms in total. The van der Waals surface area contributed by atoms with Crippen molar-refractivity contribution in [2.75, 3.05) is 19.6 Å². The molecule has 0 spiro atoms. The van der Waals surface area contributed by atoms with Gasteiger partial charge >= 0.3 is 0 Å². The van der Waals surface area contributed by atoms with Crippen LogP contribution in [0.2, 0.25) is 0 Å². The van der Waals surface area contributed by atoms with Crippen LogP contribution in [-0.2, 0) is 44.8 Å². The van der Waals surface area contributed by atoms with Gasteiger partial charge in [0.05, 0.1) is 12.1 Å². The van der Waals surface area contributed by atoms with Gasteiger partial charge in [-0.05, 0) is 68.6 Å². The average molecular weight is 825 g/mol. The number of phenolic OH excluding ortho intramolecular Hbond substituents is 1. The zero-order valence-corrected chi connectivity index (χ0v) is 34.4. The number of aliphatic imine (C=N–C) groups is 1. The summed E-state index contributed by atoms with van der Waals surface area (Å²) in [5.41, 5.74) is 11.6. The number of Topliss-reactive ketones (excluding diaryl/α,β-unsaturated/α-hetero) is 1. The van der Waals surface area contributed by atoms with Gasteiger partial charge in [0, 0.05) is 32.1 Å². The highest BCUT2D eigenvalue weighted by Gasteiger charge is 2.40. The van der Waals surface area contributed by atoms with Gasteiger partial charge in [-0.25, -0.2) is 0 Å². The Kier molecular flexibility index (Phi) is 18.3. The standard InChI is InChI=1S/C40H60N10O9/c1-6-23(4)33-37(57)46-26(20-25-11-14-27(51)15-12-25)13-16-31(52)44-21-29(48-35(55)24(5)45-32(53)19-22(2)3)39(59)50-18-8-10-30(50)36(56)47-28(34(54)38(58)49-33)9-7-17-43-40(41)42/h11-16,22-24,26,28-30,33,51H,6-10,17-21H2,1-5H3,(H,44,52)(H,45,53)(H,46,57)(H,47,56)(H,48,55)(H,49,58)(H4,41,42,43)/b16-13-/t23-,24-,26+,28-,29-,30-,33+/m0/s1. The van der Waals surface area contributed by atoms with E-state index in [1.165, 1.54) is 30.0 Å². The molecular formula is C40H60N10O9. The number of aromatic hydroxyl groups is 1. The first-order valence-electron chi connectivity index (χ1n) is 20.0. The first-order valence-corrected chi connectivity index (χ1v) is 20.0. The van der Waals surface area contributed by atoms with Crippen molar-refractivity contribution in [1.82, 2.24) is 36.8 Å². The Balaban J connectivity index is 2.05. The summed E-state index contributed by atoms with van der Waals surface area (Å²) in [6.07, 6.45) is 3.99. The Morgan fingerprint density at radius 1 is 0.983 bits per heavy atom. The molecule has 3 rings (SSSR count). The number of phenols is 1. The maximum absolute atomic E-state index is 14.2. The lowest BCUT2D eigenvalue weighted by atomic mass is 9.96. The Morgan fingerprint density at radius 2 is 1.68 bits per heavy atom. The smallest absolute Gasteiger partial charge is 0.290 e. The third-order valence-electron chi connectivity index (χ3n) is 10.1. The number of nitrogens with two attached hydrogens (primary N) is 2. The highest BCUT2D eigenvalue weighted by atomic mass is 16.3. The minimum absolute atomic E-state index is 0.0203. The molecule has 0 unspecified atom stereocenters. The number of nitrogens with zero attached hydrogens (tertiary/aromatic N) is 2. The summed E-state index contributed by atoms with van der Waals surface area (Å²) in [6, 6.07) is -0.819. The van der Waals surface area contributed by atoms with E-state index in [0.29, 0.717) is 18.4 Å². The maximum atomic E-state index is 14.2. The molecule has 1 fully saturated rings. The Labute approximate surface area is 344 Å². The fraction of sp³-hybridized carbons (Fsp3) is 0.575. The number of rotatable bonds is 13. The number of nitrogens with one attached hydrogen (secondary N) is 6. The SMILES string of the molecule is CC[C@H](C)[C@H]1NC(=O)C(=O)[C@H](CCCN=C(N)N)NC(=O)[C@@H]2CCCN2C(=O)[C@@H](NC(=O)[C@H](C)NC(=O)CC(C)C)CNC(=O)/C=C\[C@H](Cc2ccc(O)cc2)NC1=O. The first-order chi connectivity index (χ1) is 27.9. The second kappa shape index (κ2) is 22.8. The third kappa shape index (κ3) is 15.0. The van der Waals surface area contributed by atoms with Crippen LogP contribution in [-0.4, -0.2) is 119 Å². The molecule has 19 heteroatoms. The summed E-state index contributed by atoms with van der Waals surface area (Å²) in [6.45, 7) is 8.43. The van der Waals surface area contributed by atoms with Crippen molar-refractivity contribution < 1.29 is 43.5 Å². The molecule has 324 valence electrons. The van der Waals surface area contributed by atoms with E-state index in [1.807, 2.05) is 13.8 Å². The molecule has 0 bridgehead atoms. The minimum atomic E-state index is -1.40. The van der Waals surface area contributed by atoms with Gasteiger partial charge in [0.25, 0.3) is 5.91 Å². The van der Waals surface area contributed by atoms with Gasteiger partial charge in [-0.1, -0.05) is 52.3 Å².